The molecule has 2 aliphatic heterocycles. The van der Waals surface area contributed by atoms with Gasteiger partial charge in [-0.3, -0.25) is 4.79 Å². The van der Waals surface area contributed by atoms with Gasteiger partial charge in [0.15, 0.2) is 0 Å². The van der Waals surface area contributed by atoms with E-state index in [9.17, 15) is 9.59 Å². The van der Waals surface area contributed by atoms with E-state index >= 15 is 0 Å². The summed E-state index contributed by atoms with van der Waals surface area (Å²) in [6, 6.07) is 4.12. The Bertz CT molecular complexity index is 708. The van der Waals surface area contributed by atoms with E-state index in [1.807, 2.05) is 31.7 Å². The third kappa shape index (κ3) is 4.75. The first-order valence-electron chi connectivity index (χ1n) is 10.2. The van der Waals surface area contributed by atoms with Crippen LogP contribution in [0.25, 0.3) is 0 Å². The van der Waals surface area contributed by atoms with Crippen LogP contribution in [0.4, 0.5) is 10.6 Å². The van der Waals surface area contributed by atoms with Crippen molar-refractivity contribution >= 4 is 17.8 Å². The van der Waals surface area contributed by atoms with E-state index in [0.29, 0.717) is 26.2 Å². The van der Waals surface area contributed by atoms with E-state index < -0.39 is 5.60 Å². The molecule has 3 heterocycles. The number of piperazine rings is 1. The zero-order valence-electron chi connectivity index (χ0n) is 17.5. The molecule has 28 heavy (non-hydrogen) atoms. The number of pyridine rings is 1. The van der Waals surface area contributed by atoms with Crippen molar-refractivity contribution in [2.24, 2.45) is 0 Å². The monoisotopic (exact) mass is 388 g/mol. The molecule has 2 saturated heterocycles. The number of carbonyl (C=O) groups is 2. The van der Waals surface area contributed by atoms with Crippen LogP contribution in [-0.2, 0) is 9.53 Å². The summed E-state index contributed by atoms with van der Waals surface area (Å²) in [6.07, 6.45) is 4.69. The highest BCUT2D eigenvalue weighted by Crippen LogP contribution is 2.35. The molecule has 7 heteroatoms. The van der Waals surface area contributed by atoms with Crippen molar-refractivity contribution < 1.29 is 14.3 Å². The summed E-state index contributed by atoms with van der Waals surface area (Å²) in [6.45, 7) is 10.7. The van der Waals surface area contributed by atoms with E-state index in [2.05, 4.69) is 16.0 Å². The van der Waals surface area contributed by atoms with E-state index in [-0.39, 0.29) is 18.0 Å². The zero-order valence-corrected chi connectivity index (χ0v) is 17.5. The molecular formula is C21H32N4O3. The predicted octanol–water partition coefficient (Wildman–Crippen LogP) is 3.21. The van der Waals surface area contributed by atoms with Crippen molar-refractivity contribution in [3.05, 3.63) is 23.9 Å². The highest BCUT2D eigenvalue weighted by atomic mass is 16.6. The Labute approximate surface area is 167 Å². The quantitative estimate of drug-likeness (QED) is 0.778. The lowest BCUT2D eigenvalue weighted by molar-refractivity contribution is -0.132. The molecule has 0 saturated carbocycles. The van der Waals surface area contributed by atoms with Crippen LogP contribution in [0, 0.1) is 0 Å². The number of hydrogen-bond donors (Lipinski definition) is 0. The molecule has 154 valence electrons. The second-order valence-electron chi connectivity index (χ2n) is 8.59. The molecule has 0 unspecified atom stereocenters. The second kappa shape index (κ2) is 8.37. The fraction of sp³-hybridized carbons (Fsp3) is 0.667. The molecule has 0 bridgehead atoms. The highest BCUT2D eigenvalue weighted by Gasteiger charge is 2.31. The first-order valence-corrected chi connectivity index (χ1v) is 10.2. The summed E-state index contributed by atoms with van der Waals surface area (Å²) in [7, 11) is 0. The maximum absolute atomic E-state index is 12.3. The lowest BCUT2D eigenvalue weighted by Crippen LogP contribution is -2.50. The summed E-state index contributed by atoms with van der Waals surface area (Å²) in [5.74, 6) is 1.05. The molecule has 1 aromatic rings. The molecule has 2 amide bonds. The summed E-state index contributed by atoms with van der Waals surface area (Å²) in [5.41, 5.74) is 0.627. The van der Waals surface area contributed by atoms with Crippen LogP contribution in [0.5, 0.6) is 0 Å². The molecule has 2 aliphatic rings. The molecule has 1 aromatic heterocycles. The van der Waals surface area contributed by atoms with Crippen molar-refractivity contribution in [3.8, 4) is 0 Å². The largest absolute Gasteiger partial charge is 0.444 e. The van der Waals surface area contributed by atoms with Gasteiger partial charge in [0.2, 0.25) is 5.91 Å². The number of ether oxygens (including phenoxy) is 1. The number of hydrogen-bond acceptors (Lipinski definition) is 5. The summed E-state index contributed by atoms with van der Waals surface area (Å²) < 4.78 is 5.49. The SMILES string of the molecule is CC(=O)N1CCCC[C@@H]1c1cccnc1N1CCN(C(=O)OC(C)(C)C)CC1. The lowest BCUT2D eigenvalue weighted by atomic mass is 9.95. The van der Waals surface area contributed by atoms with Crippen molar-refractivity contribution in [1.29, 1.82) is 0 Å². The number of anilines is 1. The third-order valence-electron chi connectivity index (χ3n) is 5.31. The van der Waals surface area contributed by atoms with Gasteiger partial charge in [0.1, 0.15) is 11.4 Å². The number of piperidine rings is 1. The third-order valence-corrected chi connectivity index (χ3v) is 5.31. The minimum atomic E-state index is -0.487. The molecule has 0 aromatic carbocycles. The van der Waals surface area contributed by atoms with Crippen LogP contribution >= 0.6 is 0 Å². The number of rotatable bonds is 2. The van der Waals surface area contributed by atoms with Gasteiger partial charge in [0.05, 0.1) is 6.04 Å². The fourth-order valence-corrected chi connectivity index (χ4v) is 3.99. The van der Waals surface area contributed by atoms with Crippen molar-refractivity contribution in [1.82, 2.24) is 14.8 Å². The zero-order chi connectivity index (χ0) is 20.3. The van der Waals surface area contributed by atoms with Gasteiger partial charge in [0.25, 0.3) is 0 Å². The van der Waals surface area contributed by atoms with Crippen molar-refractivity contribution in [3.63, 3.8) is 0 Å². The first kappa shape index (κ1) is 20.4. The Morgan fingerprint density at radius 3 is 2.46 bits per heavy atom. The van der Waals surface area contributed by atoms with Crippen LogP contribution in [0.2, 0.25) is 0 Å². The Balaban J connectivity index is 1.72. The molecule has 0 radical (unpaired) electrons. The lowest BCUT2D eigenvalue weighted by Gasteiger charge is -2.40. The Morgan fingerprint density at radius 1 is 1.11 bits per heavy atom. The van der Waals surface area contributed by atoms with Gasteiger partial charge < -0.3 is 19.4 Å². The van der Waals surface area contributed by atoms with E-state index in [1.54, 1.807) is 18.0 Å². The van der Waals surface area contributed by atoms with Crippen LogP contribution in [-0.4, -0.2) is 65.1 Å². The highest BCUT2D eigenvalue weighted by molar-refractivity contribution is 5.74. The molecule has 0 aliphatic carbocycles. The van der Waals surface area contributed by atoms with Gasteiger partial charge >= 0.3 is 6.09 Å². The minimum Gasteiger partial charge on any atom is -0.444 e. The number of likely N-dealkylation sites (tertiary alicyclic amines) is 1. The summed E-state index contributed by atoms with van der Waals surface area (Å²) >= 11 is 0. The molecule has 2 fully saturated rings. The number of nitrogens with zero attached hydrogens (tertiary/aromatic N) is 4. The van der Waals surface area contributed by atoms with Gasteiger partial charge in [-0.15, -0.1) is 0 Å². The Morgan fingerprint density at radius 2 is 1.82 bits per heavy atom. The topological polar surface area (TPSA) is 66.0 Å². The van der Waals surface area contributed by atoms with Crippen LogP contribution in [0.15, 0.2) is 18.3 Å². The maximum atomic E-state index is 12.3. The number of aromatic nitrogens is 1. The maximum Gasteiger partial charge on any atom is 0.410 e. The molecule has 3 rings (SSSR count). The van der Waals surface area contributed by atoms with Crippen LogP contribution < -0.4 is 4.90 Å². The number of carbonyl (C=O) groups excluding carboxylic acids is 2. The predicted molar refractivity (Wildman–Crippen MR) is 108 cm³/mol. The average Bonchev–Trinajstić information content (AvgIpc) is 2.67. The Hall–Kier alpha value is -2.31. The molecule has 0 N–H and O–H groups in total. The van der Waals surface area contributed by atoms with Crippen LogP contribution in [0.1, 0.15) is 58.6 Å². The molecule has 0 spiro atoms. The van der Waals surface area contributed by atoms with Gasteiger partial charge in [-0.05, 0) is 46.1 Å². The van der Waals surface area contributed by atoms with Gasteiger partial charge in [-0.2, -0.15) is 0 Å². The van der Waals surface area contributed by atoms with E-state index in [4.69, 9.17) is 4.74 Å². The fourth-order valence-electron chi connectivity index (χ4n) is 3.99. The average molecular weight is 389 g/mol. The molecular weight excluding hydrogens is 356 g/mol. The second-order valence-corrected chi connectivity index (χ2v) is 8.59. The smallest absolute Gasteiger partial charge is 0.410 e. The normalized spacial score (nSPS) is 20.9. The molecule has 7 nitrogen and oxygen atoms in total. The van der Waals surface area contributed by atoms with Crippen LogP contribution in [0.3, 0.4) is 0 Å². The number of amides is 2. The van der Waals surface area contributed by atoms with Gasteiger partial charge in [-0.25, -0.2) is 9.78 Å². The minimum absolute atomic E-state index is 0.0823. The standard InChI is InChI=1S/C21H32N4O3/c1-16(26)25-11-6-5-9-18(25)17-8-7-10-22-19(17)23-12-14-24(15-13-23)20(27)28-21(2,3)4/h7-8,10,18H,5-6,9,11-15H2,1-4H3/t18-/m1/s1. The Kier molecular flexibility index (Phi) is 6.10. The van der Waals surface area contributed by atoms with E-state index in [0.717, 1.165) is 37.2 Å². The first-order chi connectivity index (χ1) is 13.3. The van der Waals surface area contributed by atoms with Gasteiger partial charge in [-0.1, -0.05) is 6.07 Å². The summed E-state index contributed by atoms with van der Waals surface area (Å²) in [4.78, 5) is 35.1. The van der Waals surface area contributed by atoms with Crippen molar-refractivity contribution in [2.45, 2.75) is 58.6 Å². The molecule has 1 atom stereocenters. The van der Waals surface area contributed by atoms with E-state index in [1.165, 1.54) is 0 Å². The summed E-state index contributed by atoms with van der Waals surface area (Å²) in [5, 5.41) is 0. The van der Waals surface area contributed by atoms with Gasteiger partial charge in [0, 0.05) is 51.4 Å². The van der Waals surface area contributed by atoms with Crippen molar-refractivity contribution in [2.75, 3.05) is 37.6 Å².